The molecule has 1 saturated heterocycles. The third-order valence-corrected chi connectivity index (χ3v) is 5.36. The van der Waals surface area contributed by atoms with Gasteiger partial charge in [0, 0.05) is 13.1 Å². The quantitative estimate of drug-likeness (QED) is 0.720. The predicted octanol–water partition coefficient (Wildman–Crippen LogP) is 2.08. The SMILES string of the molecule is OC(CNC(c1ccccc1)C1(O)CCC1)CN1CCCCC1. The number of aliphatic hydroxyl groups excluding tert-OH is 1. The fraction of sp³-hybridized carbons (Fsp3) is 0.684. The average Bonchev–Trinajstić information content (AvgIpc) is 2.55. The van der Waals surface area contributed by atoms with E-state index >= 15 is 0 Å². The fourth-order valence-corrected chi connectivity index (χ4v) is 3.85. The third kappa shape index (κ3) is 4.32. The number of nitrogens with zero attached hydrogens (tertiary/aromatic N) is 1. The summed E-state index contributed by atoms with van der Waals surface area (Å²) in [4.78, 5) is 2.35. The van der Waals surface area contributed by atoms with Gasteiger partial charge in [0.1, 0.15) is 0 Å². The van der Waals surface area contributed by atoms with E-state index in [4.69, 9.17) is 0 Å². The highest BCUT2D eigenvalue weighted by Crippen LogP contribution is 2.41. The number of β-amino-alcohol motifs (C(OH)–C–C–N with tert-alkyl or cyclic N) is 1. The molecule has 3 N–H and O–H groups in total. The van der Waals surface area contributed by atoms with Gasteiger partial charge in [-0.15, -0.1) is 0 Å². The molecule has 2 fully saturated rings. The Morgan fingerprint density at radius 2 is 1.74 bits per heavy atom. The molecule has 1 aliphatic carbocycles. The first kappa shape index (κ1) is 16.9. The van der Waals surface area contributed by atoms with Crippen LogP contribution in [0.4, 0.5) is 0 Å². The first-order valence-electron chi connectivity index (χ1n) is 9.08. The second-order valence-electron chi connectivity index (χ2n) is 7.22. The average molecular weight is 318 g/mol. The molecule has 4 nitrogen and oxygen atoms in total. The van der Waals surface area contributed by atoms with E-state index in [1.54, 1.807) is 0 Å². The highest BCUT2D eigenvalue weighted by molar-refractivity contribution is 5.23. The Hall–Kier alpha value is -0.940. The van der Waals surface area contributed by atoms with Crippen LogP contribution in [0.2, 0.25) is 0 Å². The zero-order chi connectivity index (χ0) is 16.1. The topological polar surface area (TPSA) is 55.7 Å². The Balaban J connectivity index is 1.56. The van der Waals surface area contributed by atoms with E-state index < -0.39 is 5.60 Å². The van der Waals surface area contributed by atoms with Gasteiger partial charge in [-0.1, -0.05) is 36.8 Å². The summed E-state index contributed by atoms with van der Waals surface area (Å²) in [6, 6.07) is 10.0. The number of piperidine rings is 1. The summed E-state index contributed by atoms with van der Waals surface area (Å²) >= 11 is 0. The summed E-state index contributed by atoms with van der Waals surface area (Å²) in [5, 5.41) is 24.6. The summed E-state index contributed by atoms with van der Waals surface area (Å²) in [6.45, 7) is 3.46. The van der Waals surface area contributed by atoms with E-state index in [2.05, 4.69) is 22.3 Å². The van der Waals surface area contributed by atoms with Gasteiger partial charge in [0.15, 0.2) is 0 Å². The summed E-state index contributed by atoms with van der Waals surface area (Å²) in [7, 11) is 0. The maximum absolute atomic E-state index is 10.8. The lowest BCUT2D eigenvalue weighted by molar-refractivity contribution is -0.0687. The van der Waals surface area contributed by atoms with Gasteiger partial charge < -0.3 is 20.4 Å². The normalized spacial score (nSPS) is 23.9. The second kappa shape index (κ2) is 7.75. The fourth-order valence-electron chi connectivity index (χ4n) is 3.85. The number of hydrogen-bond acceptors (Lipinski definition) is 4. The van der Waals surface area contributed by atoms with Gasteiger partial charge in [0.05, 0.1) is 17.7 Å². The molecule has 0 aromatic heterocycles. The van der Waals surface area contributed by atoms with Gasteiger partial charge in [-0.25, -0.2) is 0 Å². The minimum absolute atomic E-state index is 0.0894. The van der Waals surface area contributed by atoms with Crippen LogP contribution in [0.25, 0.3) is 0 Å². The van der Waals surface area contributed by atoms with Gasteiger partial charge >= 0.3 is 0 Å². The largest absolute Gasteiger partial charge is 0.390 e. The van der Waals surface area contributed by atoms with Crippen molar-refractivity contribution in [3.05, 3.63) is 35.9 Å². The van der Waals surface area contributed by atoms with Crippen LogP contribution in [-0.4, -0.2) is 53.0 Å². The van der Waals surface area contributed by atoms with Crippen molar-refractivity contribution in [2.45, 2.75) is 56.3 Å². The van der Waals surface area contributed by atoms with Crippen LogP contribution in [0, 0.1) is 0 Å². The second-order valence-corrected chi connectivity index (χ2v) is 7.22. The molecule has 1 aromatic carbocycles. The molecular weight excluding hydrogens is 288 g/mol. The Kier molecular flexibility index (Phi) is 5.70. The summed E-state index contributed by atoms with van der Waals surface area (Å²) in [5.74, 6) is 0. The lowest BCUT2D eigenvalue weighted by Gasteiger charge is -2.44. The Bertz CT molecular complexity index is 470. The summed E-state index contributed by atoms with van der Waals surface area (Å²) < 4.78 is 0. The standard InChI is InChI=1S/C19H30N2O2/c22-17(15-21-12-5-2-6-13-21)14-20-18(19(23)10-7-11-19)16-8-3-1-4-9-16/h1,3-4,8-9,17-18,20,22-23H,2,5-7,10-15H2. The Morgan fingerprint density at radius 1 is 1.04 bits per heavy atom. The monoisotopic (exact) mass is 318 g/mol. The third-order valence-electron chi connectivity index (χ3n) is 5.36. The molecule has 1 aromatic rings. The van der Waals surface area contributed by atoms with Crippen molar-refractivity contribution < 1.29 is 10.2 Å². The van der Waals surface area contributed by atoms with Gasteiger partial charge in [0.25, 0.3) is 0 Å². The minimum Gasteiger partial charge on any atom is -0.390 e. The van der Waals surface area contributed by atoms with Crippen LogP contribution in [0.1, 0.15) is 50.1 Å². The van der Waals surface area contributed by atoms with E-state index in [9.17, 15) is 10.2 Å². The molecule has 1 aliphatic heterocycles. The Morgan fingerprint density at radius 3 is 2.35 bits per heavy atom. The number of aliphatic hydroxyl groups is 2. The first-order chi connectivity index (χ1) is 11.2. The molecule has 1 saturated carbocycles. The molecule has 3 rings (SSSR count). The van der Waals surface area contributed by atoms with Crippen molar-refractivity contribution in [3.63, 3.8) is 0 Å². The van der Waals surface area contributed by atoms with E-state index in [0.29, 0.717) is 6.54 Å². The zero-order valence-corrected chi connectivity index (χ0v) is 14.0. The van der Waals surface area contributed by atoms with Gasteiger partial charge in [-0.05, 0) is 50.8 Å². The number of rotatable bonds is 7. The van der Waals surface area contributed by atoms with Crippen molar-refractivity contribution in [1.29, 1.82) is 0 Å². The van der Waals surface area contributed by atoms with Crippen molar-refractivity contribution >= 4 is 0 Å². The number of nitrogens with one attached hydrogen (secondary N) is 1. The van der Waals surface area contributed by atoms with E-state index in [-0.39, 0.29) is 12.1 Å². The molecule has 0 radical (unpaired) electrons. The van der Waals surface area contributed by atoms with Crippen LogP contribution in [0.15, 0.2) is 30.3 Å². The zero-order valence-electron chi connectivity index (χ0n) is 14.0. The maximum atomic E-state index is 10.8. The number of benzene rings is 1. The summed E-state index contributed by atoms with van der Waals surface area (Å²) in [6.07, 6.45) is 6.16. The number of likely N-dealkylation sites (tertiary alicyclic amines) is 1. The molecule has 1 heterocycles. The maximum Gasteiger partial charge on any atom is 0.0841 e. The highest BCUT2D eigenvalue weighted by atomic mass is 16.3. The van der Waals surface area contributed by atoms with Crippen molar-refractivity contribution in [3.8, 4) is 0 Å². The van der Waals surface area contributed by atoms with E-state index in [1.807, 2.05) is 18.2 Å². The van der Waals surface area contributed by atoms with Gasteiger partial charge in [0.2, 0.25) is 0 Å². The van der Waals surface area contributed by atoms with Crippen LogP contribution in [0.3, 0.4) is 0 Å². The molecule has 2 aliphatic rings. The molecule has 0 bridgehead atoms. The molecule has 2 unspecified atom stereocenters. The van der Waals surface area contributed by atoms with Crippen LogP contribution in [0.5, 0.6) is 0 Å². The van der Waals surface area contributed by atoms with Crippen molar-refractivity contribution in [2.75, 3.05) is 26.2 Å². The van der Waals surface area contributed by atoms with Crippen LogP contribution >= 0.6 is 0 Å². The molecule has 23 heavy (non-hydrogen) atoms. The smallest absolute Gasteiger partial charge is 0.0841 e. The van der Waals surface area contributed by atoms with E-state index in [0.717, 1.165) is 44.5 Å². The lowest BCUT2D eigenvalue weighted by atomic mass is 9.72. The number of hydrogen-bond donors (Lipinski definition) is 3. The van der Waals surface area contributed by atoms with Crippen molar-refractivity contribution in [2.24, 2.45) is 0 Å². The predicted molar refractivity (Wildman–Crippen MR) is 92.3 cm³/mol. The van der Waals surface area contributed by atoms with E-state index in [1.165, 1.54) is 19.3 Å². The summed E-state index contributed by atoms with van der Waals surface area (Å²) in [5.41, 5.74) is 0.450. The first-order valence-corrected chi connectivity index (χ1v) is 9.08. The lowest BCUT2D eigenvalue weighted by Crippen LogP contribution is -2.51. The van der Waals surface area contributed by atoms with Gasteiger partial charge in [-0.2, -0.15) is 0 Å². The molecule has 128 valence electrons. The van der Waals surface area contributed by atoms with Crippen molar-refractivity contribution in [1.82, 2.24) is 10.2 Å². The Labute approximate surface area is 139 Å². The molecule has 0 amide bonds. The molecule has 0 spiro atoms. The minimum atomic E-state index is -0.661. The molecule has 2 atom stereocenters. The molecular formula is C19H30N2O2. The van der Waals surface area contributed by atoms with Crippen LogP contribution in [-0.2, 0) is 0 Å². The molecule has 4 heteroatoms. The highest BCUT2D eigenvalue weighted by Gasteiger charge is 2.42. The van der Waals surface area contributed by atoms with Gasteiger partial charge in [-0.3, -0.25) is 0 Å². The van der Waals surface area contributed by atoms with Crippen LogP contribution < -0.4 is 5.32 Å².